The molecule has 0 saturated carbocycles. The molecule has 3 N–H and O–H groups in total. The lowest BCUT2D eigenvalue weighted by atomic mass is 9.93. The quantitative estimate of drug-likeness (QED) is 0.820. The molecule has 1 atom stereocenters. The molecule has 0 aromatic carbocycles. The summed E-state index contributed by atoms with van der Waals surface area (Å²) < 4.78 is 5.30. The van der Waals surface area contributed by atoms with Gasteiger partial charge in [-0.05, 0) is 37.8 Å². The molecule has 6 heteroatoms. The van der Waals surface area contributed by atoms with Gasteiger partial charge in [-0.1, -0.05) is 0 Å². The molecule has 1 fully saturated rings. The first-order valence-corrected chi connectivity index (χ1v) is 6.14. The average Bonchev–Trinajstić information content (AvgIpc) is 2.40. The van der Waals surface area contributed by atoms with Gasteiger partial charge in [-0.3, -0.25) is 4.79 Å². The third kappa shape index (κ3) is 3.16. The largest absolute Gasteiger partial charge is 0.382 e. The molecule has 98 valence electrons. The number of hydrogen-bond acceptors (Lipinski definition) is 5. The number of carbonyl (C=O) groups is 1. The van der Waals surface area contributed by atoms with E-state index in [-0.39, 0.29) is 11.9 Å². The van der Waals surface area contributed by atoms with Gasteiger partial charge in [-0.15, -0.1) is 10.2 Å². The van der Waals surface area contributed by atoms with Crippen LogP contribution < -0.4 is 11.1 Å². The number of anilines is 1. The third-order valence-corrected chi connectivity index (χ3v) is 3.25. The van der Waals surface area contributed by atoms with E-state index < -0.39 is 0 Å². The van der Waals surface area contributed by atoms with Gasteiger partial charge < -0.3 is 15.8 Å². The Morgan fingerprint density at radius 1 is 1.44 bits per heavy atom. The fraction of sp³-hybridized carbons (Fsp3) is 0.583. The number of rotatable bonds is 3. The summed E-state index contributed by atoms with van der Waals surface area (Å²) in [7, 11) is 0. The van der Waals surface area contributed by atoms with Crippen LogP contribution in [0.15, 0.2) is 12.1 Å². The predicted octanol–water partition coefficient (Wildman–Crippen LogP) is 0.604. The van der Waals surface area contributed by atoms with E-state index in [4.69, 9.17) is 10.5 Å². The molecule has 0 bridgehead atoms. The number of amides is 1. The fourth-order valence-corrected chi connectivity index (χ4v) is 2.08. The number of ether oxygens (including phenoxy) is 1. The van der Waals surface area contributed by atoms with Crippen molar-refractivity contribution in [1.82, 2.24) is 15.5 Å². The zero-order valence-electron chi connectivity index (χ0n) is 10.4. The van der Waals surface area contributed by atoms with Crippen LogP contribution >= 0.6 is 0 Å². The third-order valence-electron chi connectivity index (χ3n) is 3.25. The van der Waals surface area contributed by atoms with Crippen LogP contribution in [0.1, 0.15) is 30.3 Å². The molecule has 0 radical (unpaired) electrons. The molecule has 2 heterocycles. The summed E-state index contributed by atoms with van der Waals surface area (Å²) in [5.41, 5.74) is 5.72. The highest BCUT2D eigenvalue weighted by atomic mass is 16.5. The number of aromatic nitrogens is 2. The van der Waals surface area contributed by atoms with Crippen LogP contribution in [0.25, 0.3) is 0 Å². The molecule has 2 rings (SSSR count). The fourth-order valence-electron chi connectivity index (χ4n) is 2.08. The van der Waals surface area contributed by atoms with Crippen molar-refractivity contribution >= 4 is 11.7 Å². The summed E-state index contributed by atoms with van der Waals surface area (Å²) in [4.78, 5) is 11.9. The van der Waals surface area contributed by atoms with Crippen LogP contribution in [0.5, 0.6) is 0 Å². The van der Waals surface area contributed by atoms with Gasteiger partial charge in [-0.2, -0.15) is 0 Å². The van der Waals surface area contributed by atoms with Gasteiger partial charge in [0, 0.05) is 19.3 Å². The number of nitrogens with two attached hydrogens (primary N) is 1. The van der Waals surface area contributed by atoms with Gasteiger partial charge >= 0.3 is 0 Å². The Bertz CT molecular complexity index is 401. The van der Waals surface area contributed by atoms with Crippen molar-refractivity contribution in [3.05, 3.63) is 17.8 Å². The second-order valence-electron chi connectivity index (χ2n) is 4.56. The maximum atomic E-state index is 11.9. The van der Waals surface area contributed by atoms with Gasteiger partial charge in [0.15, 0.2) is 5.69 Å². The Labute approximate surface area is 106 Å². The highest BCUT2D eigenvalue weighted by molar-refractivity contribution is 5.92. The standard InChI is InChI=1S/C12H18N4O2/c1-8(9-4-6-18-7-5-9)14-12(17)10-2-3-11(13)16-15-10/h2-3,8-9H,4-7H2,1H3,(H2,13,16)(H,14,17). The minimum atomic E-state index is -0.207. The number of hydrogen-bond donors (Lipinski definition) is 2. The summed E-state index contributed by atoms with van der Waals surface area (Å²) in [6.45, 7) is 3.55. The van der Waals surface area contributed by atoms with Crippen molar-refractivity contribution in [1.29, 1.82) is 0 Å². The van der Waals surface area contributed by atoms with Crippen molar-refractivity contribution in [3.63, 3.8) is 0 Å². The molecular formula is C12H18N4O2. The summed E-state index contributed by atoms with van der Waals surface area (Å²) >= 11 is 0. The molecule has 0 aliphatic carbocycles. The van der Waals surface area contributed by atoms with E-state index in [1.807, 2.05) is 6.92 Å². The number of nitrogen functional groups attached to an aromatic ring is 1. The molecule has 6 nitrogen and oxygen atoms in total. The molecule has 1 unspecified atom stereocenters. The van der Waals surface area contributed by atoms with Crippen molar-refractivity contribution < 1.29 is 9.53 Å². The summed E-state index contributed by atoms with van der Waals surface area (Å²) in [6.07, 6.45) is 1.96. The van der Waals surface area contributed by atoms with Crippen molar-refractivity contribution in [2.45, 2.75) is 25.8 Å². The van der Waals surface area contributed by atoms with Crippen LogP contribution in [0.3, 0.4) is 0 Å². The monoisotopic (exact) mass is 250 g/mol. The average molecular weight is 250 g/mol. The van der Waals surface area contributed by atoms with Crippen molar-refractivity contribution in [2.24, 2.45) is 5.92 Å². The molecule has 18 heavy (non-hydrogen) atoms. The Hall–Kier alpha value is -1.69. The Balaban J connectivity index is 1.91. The van der Waals surface area contributed by atoms with Crippen LogP contribution in [0.4, 0.5) is 5.82 Å². The van der Waals surface area contributed by atoms with E-state index in [9.17, 15) is 4.79 Å². The molecule has 1 aromatic rings. The van der Waals surface area contributed by atoms with E-state index >= 15 is 0 Å². The Morgan fingerprint density at radius 2 is 2.17 bits per heavy atom. The first-order valence-electron chi connectivity index (χ1n) is 6.14. The van der Waals surface area contributed by atoms with Gasteiger partial charge in [0.25, 0.3) is 5.91 Å². The molecule has 1 saturated heterocycles. The van der Waals surface area contributed by atoms with Gasteiger partial charge in [-0.25, -0.2) is 0 Å². The van der Waals surface area contributed by atoms with Crippen LogP contribution in [0.2, 0.25) is 0 Å². The number of nitrogens with zero attached hydrogens (tertiary/aromatic N) is 2. The minimum absolute atomic E-state index is 0.112. The zero-order valence-corrected chi connectivity index (χ0v) is 10.4. The topological polar surface area (TPSA) is 90.1 Å². The Kier molecular flexibility index (Phi) is 4.09. The Morgan fingerprint density at radius 3 is 2.78 bits per heavy atom. The lowest BCUT2D eigenvalue weighted by Gasteiger charge is -2.28. The number of nitrogens with one attached hydrogen (secondary N) is 1. The van der Waals surface area contributed by atoms with Crippen LogP contribution in [-0.4, -0.2) is 35.4 Å². The van der Waals surface area contributed by atoms with Gasteiger partial charge in [0.2, 0.25) is 0 Å². The lowest BCUT2D eigenvalue weighted by Crippen LogP contribution is -2.40. The van der Waals surface area contributed by atoms with E-state index in [0.29, 0.717) is 17.4 Å². The van der Waals surface area contributed by atoms with Crippen molar-refractivity contribution in [3.8, 4) is 0 Å². The SMILES string of the molecule is CC(NC(=O)c1ccc(N)nn1)C1CCOCC1. The first kappa shape index (κ1) is 12.8. The molecule has 1 aliphatic rings. The van der Waals surface area contributed by atoms with E-state index in [2.05, 4.69) is 15.5 Å². The first-order chi connectivity index (χ1) is 8.66. The molecular weight excluding hydrogens is 232 g/mol. The summed E-state index contributed by atoms with van der Waals surface area (Å²) in [5.74, 6) is 0.565. The summed E-state index contributed by atoms with van der Waals surface area (Å²) in [6, 6.07) is 3.26. The molecule has 1 amide bonds. The van der Waals surface area contributed by atoms with E-state index in [0.717, 1.165) is 26.1 Å². The zero-order chi connectivity index (χ0) is 13.0. The van der Waals surface area contributed by atoms with E-state index in [1.165, 1.54) is 0 Å². The summed E-state index contributed by atoms with van der Waals surface area (Å²) in [5, 5.41) is 10.4. The lowest BCUT2D eigenvalue weighted by molar-refractivity contribution is 0.0537. The van der Waals surface area contributed by atoms with Crippen LogP contribution in [-0.2, 0) is 4.74 Å². The highest BCUT2D eigenvalue weighted by Crippen LogP contribution is 2.18. The second-order valence-corrected chi connectivity index (χ2v) is 4.56. The predicted molar refractivity (Wildman–Crippen MR) is 66.9 cm³/mol. The normalized spacial score (nSPS) is 18.3. The molecule has 1 aliphatic heterocycles. The molecule has 1 aromatic heterocycles. The second kappa shape index (κ2) is 5.77. The maximum absolute atomic E-state index is 11.9. The maximum Gasteiger partial charge on any atom is 0.272 e. The van der Waals surface area contributed by atoms with E-state index in [1.54, 1.807) is 12.1 Å². The van der Waals surface area contributed by atoms with Crippen LogP contribution in [0, 0.1) is 5.92 Å². The smallest absolute Gasteiger partial charge is 0.272 e. The minimum Gasteiger partial charge on any atom is -0.382 e. The highest BCUT2D eigenvalue weighted by Gasteiger charge is 2.22. The van der Waals surface area contributed by atoms with Gasteiger partial charge in [0.1, 0.15) is 5.82 Å². The van der Waals surface area contributed by atoms with Gasteiger partial charge in [0.05, 0.1) is 0 Å². The number of carbonyl (C=O) groups excluding carboxylic acids is 1. The van der Waals surface area contributed by atoms with Crippen molar-refractivity contribution in [2.75, 3.05) is 18.9 Å². The molecule has 0 spiro atoms.